The van der Waals surface area contributed by atoms with Gasteiger partial charge in [-0.15, -0.1) is 0 Å². The van der Waals surface area contributed by atoms with Crippen molar-refractivity contribution in [1.82, 2.24) is 10.2 Å². The van der Waals surface area contributed by atoms with Gasteiger partial charge in [-0.25, -0.2) is 0 Å². The monoisotopic (exact) mass is 381 g/mol. The second-order valence-corrected chi connectivity index (χ2v) is 7.57. The van der Waals surface area contributed by atoms with E-state index in [1.165, 1.54) is 20.0 Å². The molecule has 0 spiro atoms. The molecular weight excluding hydrogens is 354 g/mol. The molecule has 1 aromatic carbocycles. The Hall–Kier alpha value is -1.50. The fourth-order valence-corrected chi connectivity index (χ4v) is 3.86. The number of carbonyl (C=O) groups is 1. The van der Waals surface area contributed by atoms with Gasteiger partial charge in [-0.1, -0.05) is 11.6 Å². The second-order valence-electron chi connectivity index (χ2n) is 7.16. The number of likely N-dealkylation sites (tertiary alicyclic amines) is 1. The third-order valence-electron chi connectivity index (χ3n) is 5.31. The number of anilines is 1. The van der Waals surface area contributed by atoms with Crippen molar-refractivity contribution in [2.24, 2.45) is 5.92 Å². The van der Waals surface area contributed by atoms with Gasteiger partial charge in [0.1, 0.15) is 5.75 Å². The summed E-state index contributed by atoms with van der Waals surface area (Å²) in [7, 11) is 1.52. The zero-order valence-electron chi connectivity index (χ0n) is 15.3. The summed E-state index contributed by atoms with van der Waals surface area (Å²) in [5, 5.41) is 3.38. The standard InChI is InChI=1S/C19H28ClN3O3/c1-25-18-10-17(21)16(20)9-15(18)19(24)22-11-13-4-6-23(7-5-13)12-14-3-2-8-26-14/h9-10,13-14H,2-8,11-12,21H2,1H3,(H,22,24). The van der Waals surface area contributed by atoms with Crippen LogP contribution in [-0.4, -0.2) is 56.8 Å². The number of nitrogens with zero attached hydrogens (tertiary/aromatic N) is 1. The SMILES string of the molecule is COc1cc(N)c(Cl)cc1C(=O)NCC1CCN(CC2CCCO2)CC1. The van der Waals surface area contributed by atoms with Crippen LogP contribution in [0.5, 0.6) is 5.75 Å². The average molecular weight is 382 g/mol. The van der Waals surface area contributed by atoms with Crippen LogP contribution in [-0.2, 0) is 4.74 Å². The molecule has 2 saturated heterocycles. The van der Waals surface area contributed by atoms with Gasteiger partial charge in [0, 0.05) is 25.8 Å². The molecule has 2 heterocycles. The lowest BCUT2D eigenvalue weighted by atomic mass is 9.96. The topological polar surface area (TPSA) is 76.8 Å². The summed E-state index contributed by atoms with van der Waals surface area (Å²) in [5.74, 6) is 0.760. The van der Waals surface area contributed by atoms with Crippen LogP contribution in [0, 0.1) is 5.92 Å². The van der Waals surface area contributed by atoms with Crippen LogP contribution >= 0.6 is 11.6 Å². The van der Waals surface area contributed by atoms with Crippen LogP contribution in [0.3, 0.4) is 0 Å². The Kier molecular flexibility index (Phi) is 6.62. The summed E-state index contributed by atoms with van der Waals surface area (Å²) >= 11 is 6.05. The van der Waals surface area contributed by atoms with E-state index in [0.29, 0.717) is 40.6 Å². The first kappa shape index (κ1) is 19.3. The smallest absolute Gasteiger partial charge is 0.255 e. The number of amides is 1. The highest BCUT2D eigenvalue weighted by Gasteiger charge is 2.24. The van der Waals surface area contributed by atoms with E-state index in [-0.39, 0.29) is 5.91 Å². The van der Waals surface area contributed by atoms with Gasteiger partial charge in [0.05, 0.1) is 29.5 Å². The highest BCUT2D eigenvalue weighted by atomic mass is 35.5. The molecule has 0 aliphatic carbocycles. The number of benzene rings is 1. The second kappa shape index (κ2) is 8.93. The number of halogens is 1. The van der Waals surface area contributed by atoms with Crippen LogP contribution in [0.4, 0.5) is 5.69 Å². The van der Waals surface area contributed by atoms with Crippen molar-refractivity contribution >= 4 is 23.2 Å². The van der Waals surface area contributed by atoms with Gasteiger partial charge >= 0.3 is 0 Å². The molecule has 2 fully saturated rings. The largest absolute Gasteiger partial charge is 0.496 e. The highest BCUT2D eigenvalue weighted by Crippen LogP contribution is 2.29. The Morgan fingerprint density at radius 2 is 2.15 bits per heavy atom. The van der Waals surface area contributed by atoms with Gasteiger partial charge < -0.3 is 25.4 Å². The number of hydrogen-bond acceptors (Lipinski definition) is 5. The molecule has 3 rings (SSSR count). The number of nitrogens with two attached hydrogens (primary N) is 1. The Labute approximate surface area is 160 Å². The summed E-state index contributed by atoms with van der Waals surface area (Å²) in [6.45, 7) is 4.75. The quantitative estimate of drug-likeness (QED) is 0.740. The van der Waals surface area contributed by atoms with Crippen LogP contribution in [0.1, 0.15) is 36.0 Å². The van der Waals surface area contributed by atoms with E-state index in [1.54, 1.807) is 12.1 Å². The van der Waals surface area contributed by atoms with E-state index in [9.17, 15) is 4.79 Å². The molecule has 1 amide bonds. The Bertz CT molecular complexity index is 627. The van der Waals surface area contributed by atoms with Crippen molar-refractivity contribution < 1.29 is 14.3 Å². The molecule has 144 valence electrons. The Morgan fingerprint density at radius 1 is 1.38 bits per heavy atom. The van der Waals surface area contributed by atoms with Crippen LogP contribution < -0.4 is 15.8 Å². The first-order valence-corrected chi connectivity index (χ1v) is 9.69. The minimum Gasteiger partial charge on any atom is -0.496 e. The number of nitrogens with one attached hydrogen (secondary N) is 1. The summed E-state index contributed by atoms with van der Waals surface area (Å²) in [5.41, 5.74) is 6.59. The van der Waals surface area contributed by atoms with Crippen molar-refractivity contribution in [3.63, 3.8) is 0 Å². The van der Waals surface area contributed by atoms with E-state index in [0.717, 1.165) is 39.1 Å². The van der Waals surface area contributed by atoms with E-state index in [4.69, 9.17) is 26.8 Å². The summed E-state index contributed by atoms with van der Waals surface area (Å²) < 4.78 is 11.0. The molecule has 6 nitrogen and oxygen atoms in total. The molecule has 2 aliphatic rings. The summed E-state index contributed by atoms with van der Waals surface area (Å²) in [6.07, 6.45) is 4.96. The number of rotatable bonds is 6. The zero-order chi connectivity index (χ0) is 18.5. The summed E-state index contributed by atoms with van der Waals surface area (Å²) in [4.78, 5) is 15.0. The molecule has 3 N–H and O–H groups in total. The first-order valence-electron chi connectivity index (χ1n) is 9.32. The number of methoxy groups -OCH3 is 1. The van der Waals surface area contributed by atoms with Gasteiger partial charge in [-0.3, -0.25) is 4.79 Å². The number of nitrogen functional groups attached to an aromatic ring is 1. The minimum absolute atomic E-state index is 0.175. The lowest BCUT2D eigenvalue weighted by Gasteiger charge is -2.33. The predicted octanol–water partition coefficient (Wildman–Crippen LogP) is 2.55. The Morgan fingerprint density at radius 3 is 2.81 bits per heavy atom. The predicted molar refractivity (Wildman–Crippen MR) is 103 cm³/mol. The van der Waals surface area contributed by atoms with E-state index < -0.39 is 0 Å². The number of ether oxygens (including phenoxy) is 2. The maximum Gasteiger partial charge on any atom is 0.255 e. The molecule has 26 heavy (non-hydrogen) atoms. The molecule has 7 heteroatoms. The fraction of sp³-hybridized carbons (Fsp3) is 0.632. The molecule has 0 bridgehead atoms. The lowest BCUT2D eigenvalue weighted by Crippen LogP contribution is -2.41. The third kappa shape index (κ3) is 4.81. The average Bonchev–Trinajstić information content (AvgIpc) is 3.15. The van der Waals surface area contributed by atoms with Crippen molar-refractivity contribution in [3.05, 3.63) is 22.7 Å². The normalized spacial score (nSPS) is 21.7. The maximum absolute atomic E-state index is 12.5. The van der Waals surface area contributed by atoms with E-state index in [1.807, 2.05) is 0 Å². The van der Waals surface area contributed by atoms with Gasteiger partial charge in [-0.2, -0.15) is 0 Å². The summed E-state index contributed by atoms with van der Waals surface area (Å²) in [6, 6.07) is 3.15. The lowest BCUT2D eigenvalue weighted by molar-refractivity contribution is 0.0595. The number of hydrogen-bond donors (Lipinski definition) is 2. The van der Waals surface area contributed by atoms with Crippen molar-refractivity contribution in [1.29, 1.82) is 0 Å². The minimum atomic E-state index is -0.175. The first-order chi connectivity index (χ1) is 12.6. The Balaban J connectivity index is 1.46. The fourth-order valence-electron chi connectivity index (χ4n) is 3.70. The molecule has 2 aliphatic heterocycles. The number of carbonyl (C=O) groups excluding carboxylic acids is 1. The van der Waals surface area contributed by atoms with Gasteiger partial charge in [0.15, 0.2) is 0 Å². The molecular formula is C19H28ClN3O3. The molecule has 1 unspecified atom stereocenters. The van der Waals surface area contributed by atoms with Gasteiger partial charge in [0.2, 0.25) is 0 Å². The van der Waals surface area contributed by atoms with Crippen LogP contribution in [0.2, 0.25) is 5.02 Å². The van der Waals surface area contributed by atoms with Gasteiger partial charge in [0.25, 0.3) is 5.91 Å². The number of piperidine rings is 1. The molecule has 0 radical (unpaired) electrons. The maximum atomic E-state index is 12.5. The van der Waals surface area contributed by atoms with Crippen molar-refractivity contribution in [3.8, 4) is 5.75 Å². The third-order valence-corrected chi connectivity index (χ3v) is 5.64. The van der Waals surface area contributed by atoms with Crippen LogP contribution in [0.15, 0.2) is 12.1 Å². The van der Waals surface area contributed by atoms with E-state index in [2.05, 4.69) is 10.2 Å². The van der Waals surface area contributed by atoms with Crippen molar-refractivity contribution in [2.75, 3.05) is 45.6 Å². The molecule has 1 atom stereocenters. The van der Waals surface area contributed by atoms with Crippen LogP contribution in [0.25, 0.3) is 0 Å². The molecule has 0 aromatic heterocycles. The van der Waals surface area contributed by atoms with Gasteiger partial charge in [-0.05, 0) is 50.8 Å². The highest BCUT2D eigenvalue weighted by molar-refractivity contribution is 6.33. The molecule has 0 saturated carbocycles. The molecule has 1 aromatic rings. The van der Waals surface area contributed by atoms with Crippen molar-refractivity contribution in [2.45, 2.75) is 31.8 Å². The van der Waals surface area contributed by atoms with E-state index >= 15 is 0 Å². The zero-order valence-corrected chi connectivity index (χ0v) is 16.1.